The van der Waals surface area contributed by atoms with Gasteiger partial charge >= 0.3 is 0 Å². The Morgan fingerprint density at radius 1 is 1.23 bits per heavy atom. The zero-order chi connectivity index (χ0) is 14.5. The van der Waals surface area contributed by atoms with Crippen molar-refractivity contribution < 1.29 is 9.53 Å². The predicted molar refractivity (Wildman–Crippen MR) is 89.1 cm³/mol. The van der Waals surface area contributed by atoms with Crippen molar-refractivity contribution in [3.8, 4) is 0 Å². The van der Waals surface area contributed by atoms with Crippen molar-refractivity contribution in [1.29, 1.82) is 0 Å². The monoisotopic (exact) mass is 324 g/mol. The first kappa shape index (κ1) is 17.3. The van der Waals surface area contributed by atoms with E-state index in [0.29, 0.717) is 6.54 Å². The zero-order valence-corrected chi connectivity index (χ0v) is 13.6. The molecule has 0 spiro atoms. The number of halogens is 1. The van der Waals surface area contributed by atoms with E-state index in [1.807, 2.05) is 18.2 Å². The molecule has 122 valence electrons. The summed E-state index contributed by atoms with van der Waals surface area (Å²) in [6.45, 7) is 2.15. The second-order valence-electron chi connectivity index (χ2n) is 6.08. The summed E-state index contributed by atoms with van der Waals surface area (Å²) < 4.78 is 5.79. The second-order valence-corrected chi connectivity index (χ2v) is 6.08. The normalized spacial score (nSPS) is 21.9. The first-order valence-electron chi connectivity index (χ1n) is 7.99. The molecule has 1 aromatic rings. The van der Waals surface area contributed by atoms with Crippen LogP contribution in [0.2, 0.25) is 0 Å². The number of carbonyl (C=O) groups excluding carboxylic acids is 1. The maximum atomic E-state index is 12.2. The third-order valence-corrected chi connectivity index (χ3v) is 4.23. The van der Waals surface area contributed by atoms with Gasteiger partial charge in [0, 0.05) is 6.61 Å². The van der Waals surface area contributed by atoms with Gasteiger partial charge in [-0.2, -0.15) is 0 Å². The molecule has 2 aliphatic rings. The van der Waals surface area contributed by atoms with Gasteiger partial charge in [0.05, 0.1) is 18.7 Å². The Morgan fingerprint density at radius 2 is 2.00 bits per heavy atom. The number of nitrogens with one attached hydrogen (secondary N) is 2. The lowest BCUT2D eigenvalue weighted by atomic mass is 9.99. The molecule has 0 bridgehead atoms. The van der Waals surface area contributed by atoms with Crippen molar-refractivity contribution in [2.45, 2.75) is 37.8 Å². The second kappa shape index (κ2) is 8.51. The smallest absolute Gasteiger partial charge is 0.234 e. The van der Waals surface area contributed by atoms with E-state index in [1.54, 1.807) is 0 Å². The van der Waals surface area contributed by atoms with E-state index in [4.69, 9.17) is 4.74 Å². The Labute approximate surface area is 138 Å². The van der Waals surface area contributed by atoms with E-state index < -0.39 is 0 Å². The molecule has 2 fully saturated rings. The maximum Gasteiger partial charge on any atom is 0.234 e. The van der Waals surface area contributed by atoms with E-state index >= 15 is 0 Å². The summed E-state index contributed by atoms with van der Waals surface area (Å²) in [5, 5.41) is 6.38. The summed E-state index contributed by atoms with van der Waals surface area (Å²) in [5.74, 6) is 0.848. The van der Waals surface area contributed by atoms with Crippen molar-refractivity contribution in [3.05, 3.63) is 35.9 Å². The number of hydrogen-bond donors (Lipinski definition) is 2. The maximum absolute atomic E-state index is 12.2. The van der Waals surface area contributed by atoms with Crippen molar-refractivity contribution in [3.63, 3.8) is 0 Å². The van der Waals surface area contributed by atoms with Crippen LogP contribution in [0.25, 0.3) is 0 Å². The van der Waals surface area contributed by atoms with Crippen molar-refractivity contribution in [2.24, 2.45) is 5.92 Å². The summed E-state index contributed by atoms with van der Waals surface area (Å²) >= 11 is 0. The number of amides is 1. The molecule has 1 saturated heterocycles. The standard InChI is InChI=1S/C17H24N2O2.ClH/c20-16(12-18-11-13-8-9-13)19-17(15-7-4-10-21-15)14-5-2-1-3-6-14;/h1-3,5-6,13,15,17-18H,4,7-12H2,(H,19,20);1H. The van der Waals surface area contributed by atoms with Crippen LogP contribution in [0.3, 0.4) is 0 Å². The van der Waals surface area contributed by atoms with Gasteiger partial charge in [0.25, 0.3) is 0 Å². The van der Waals surface area contributed by atoms with Gasteiger partial charge in [0.2, 0.25) is 5.91 Å². The van der Waals surface area contributed by atoms with Crippen molar-refractivity contribution in [1.82, 2.24) is 10.6 Å². The highest BCUT2D eigenvalue weighted by molar-refractivity contribution is 5.85. The van der Waals surface area contributed by atoms with Gasteiger partial charge in [-0.05, 0) is 43.7 Å². The number of rotatable bonds is 7. The third-order valence-electron chi connectivity index (χ3n) is 4.23. The molecule has 5 heteroatoms. The van der Waals surface area contributed by atoms with Gasteiger partial charge in [-0.3, -0.25) is 4.79 Å². The van der Waals surface area contributed by atoms with Gasteiger partial charge in [-0.15, -0.1) is 12.4 Å². The van der Waals surface area contributed by atoms with E-state index in [1.165, 1.54) is 12.8 Å². The SMILES string of the molecule is Cl.O=C(CNCC1CC1)NC(c1ccccc1)C1CCCO1. The third kappa shape index (κ3) is 4.97. The lowest BCUT2D eigenvalue weighted by molar-refractivity contribution is -0.122. The average Bonchev–Trinajstić information content (AvgIpc) is 3.17. The van der Waals surface area contributed by atoms with Crippen LogP contribution in [0.1, 0.15) is 37.3 Å². The molecular formula is C17H25ClN2O2. The number of hydrogen-bond acceptors (Lipinski definition) is 3. The van der Waals surface area contributed by atoms with Crippen LogP contribution >= 0.6 is 12.4 Å². The van der Waals surface area contributed by atoms with Crippen LogP contribution in [0.5, 0.6) is 0 Å². The first-order valence-corrected chi connectivity index (χ1v) is 7.99. The molecule has 1 heterocycles. The molecule has 1 amide bonds. The highest BCUT2D eigenvalue weighted by atomic mass is 35.5. The zero-order valence-electron chi connectivity index (χ0n) is 12.8. The van der Waals surface area contributed by atoms with Crippen LogP contribution in [-0.2, 0) is 9.53 Å². The van der Waals surface area contributed by atoms with E-state index in [2.05, 4.69) is 22.8 Å². The molecule has 1 aromatic carbocycles. The van der Waals surface area contributed by atoms with Gasteiger partial charge in [0.1, 0.15) is 0 Å². The Bertz CT molecular complexity index is 459. The molecule has 3 rings (SSSR count). The summed E-state index contributed by atoms with van der Waals surface area (Å²) in [4.78, 5) is 12.2. The first-order chi connectivity index (χ1) is 10.3. The Hall–Kier alpha value is -1.10. The van der Waals surface area contributed by atoms with E-state index in [-0.39, 0.29) is 30.5 Å². The molecule has 2 unspecified atom stereocenters. The van der Waals surface area contributed by atoms with Gasteiger partial charge < -0.3 is 15.4 Å². The Balaban J connectivity index is 0.00000176. The topological polar surface area (TPSA) is 50.4 Å². The molecule has 22 heavy (non-hydrogen) atoms. The fraction of sp³-hybridized carbons (Fsp3) is 0.588. The van der Waals surface area contributed by atoms with E-state index in [9.17, 15) is 4.79 Å². The highest BCUT2D eigenvalue weighted by Crippen LogP contribution is 2.28. The van der Waals surface area contributed by atoms with Crippen LogP contribution < -0.4 is 10.6 Å². The minimum Gasteiger partial charge on any atom is -0.376 e. The number of carbonyl (C=O) groups is 1. The Kier molecular flexibility index (Phi) is 6.68. The highest BCUT2D eigenvalue weighted by Gasteiger charge is 2.28. The Morgan fingerprint density at radius 3 is 2.64 bits per heavy atom. The molecule has 1 aliphatic heterocycles. The molecular weight excluding hydrogens is 300 g/mol. The largest absolute Gasteiger partial charge is 0.376 e. The van der Waals surface area contributed by atoms with Crippen LogP contribution in [0.4, 0.5) is 0 Å². The van der Waals surface area contributed by atoms with Gasteiger partial charge in [-0.25, -0.2) is 0 Å². The molecule has 2 N–H and O–H groups in total. The molecule has 2 atom stereocenters. The fourth-order valence-corrected chi connectivity index (χ4v) is 2.85. The minimum atomic E-state index is -0.0380. The summed E-state index contributed by atoms with van der Waals surface area (Å²) in [5.41, 5.74) is 1.12. The quantitative estimate of drug-likeness (QED) is 0.810. The fourth-order valence-electron chi connectivity index (χ4n) is 2.85. The predicted octanol–water partition coefficient (Wildman–Crippen LogP) is 2.44. The molecule has 1 saturated carbocycles. The molecule has 0 radical (unpaired) electrons. The van der Waals surface area contributed by atoms with Gasteiger partial charge in [-0.1, -0.05) is 30.3 Å². The van der Waals surface area contributed by atoms with Crippen molar-refractivity contribution >= 4 is 18.3 Å². The summed E-state index contributed by atoms with van der Waals surface area (Å²) in [6, 6.07) is 10.1. The lowest BCUT2D eigenvalue weighted by Crippen LogP contribution is -2.41. The molecule has 4 nitrogen and oxygen atoms in total. The van der Waals surface area contributed by atoms with Gasteiger partial charge in [0.15, 0.2) is 0 Å². The van der Waals surface area contributed by atoms with Crippen molar-refractivity contribution in [2.75, 3.05) is 19.7 Å². The summed E-state index contributed by atoms with van der Waals surface area (Å²) in [6.07, 6.45) is 4.79. The summed E-state index contributed by atoms with van der Waals surface area (Å²) in [7, 11) is 0. The van der Waals surface area contributed by atoms with Crippen LogP contribution in [-0.4, -0.2) is 31.7 Å². The molecule has 1 aliphatic carbocycles. The molecule has 0 aromatic heterocycles. The minimum absolute atomic E-state index is 0. The number of benzene rings is 1. The van der Waals surface area contributed by atoms with Crippen LogP contribution in [0, 0.1) is 5.92 Å². The number of ether oxygens (including phenoxy) is 1. The average molecular weight is 325 g/mol. The lowest BCUT2D eigenvalue weighted by Gasteiger charge is -2.25. The van der Waals surface area contributed by atoms with Crippen LogP contribution in [0.15, 0.2) is 30.3 Å². The van der Waals surface area contributed by atoms with E-state index in [0.717, 1.165) is 37.5 Å².